The van der Waals surface area contributed by atoms with Gasteiger partial charge in [-0.05, 0) is 29.8 Å². The van der Waals surface area contributed by atoms with Crippen LogP contribution in [-0.2, 0) is 11.3 Å². The summed E-state index contributed by atoms with van der Waals surface area (Å²) in [7, 11) is 1.61. The highest BCUT2D eigenvalue weighted by molar-refractivity contribution is 5.94. The van der Waals surface area contributed by atoms with Crippen LogP contribution >= 0.6 is 0 Å². The van der Waals surface area contributed by atoms with Crippen molar-refractivity contribution in [2.45, 2.75) is 18.8 Å². The fraction of sp³-hybridized carbons (Fsp3) is 0.300. The second-order valence-electron chi connectivity index (χ2n) is 6.55. The first-order chi connectivity index (χ1) is 13.7. The molecule has 1 N–H and O–H groups in total. The van der Waals surface area contributed by atoms with Gasteiger partial charge in [0.25, 0.3) is 11.8 Å². The Bertz CT molecular complexity index is 884. The van der Waals surface area contributed by atoms with Crippen molar-refractivity contribution < 1.29 is 32.2 Å². The molecule has 0 saturated heterocycles. The number of fused-ring (bicyclic) bond motifs is 1. The Morgan fingerprint density at radius 1 is 1.10 bits per heavy atom. The fourth-order valence-electron chi connectivity index (χ4n) is 2.78. The van der Waals surface area contributed by atoms with E-state index < -0.39 is 24.7 Å². The molecule has 0 bridgehead atoms. The fourth-order valence-corrected chi connectivity index (χ4v) is 2.78. The maximum absolute atomic E-state index is 12.6. The molecule has 2 amide bonds. The van der Waals surface area contributed by atoms with Crippen LogP contribution in [0.15, 0.2) is 48.5 Å². The molecule has 1 aliphatic rings. The Labute approximate surface area is 165 Å². The number of carbonyl (C=O) groups is 2. The lowest BCUT2D eigenvalue weighted by molar-refractivity contribution is -0.140. The summed E-state index contributed by atoms with van der Waals surface area (Å²) < 4.78 is 47.8. The molecular formula is C20H19F3N2O4. The van der Waals surface area contributed by atoms with Gasteiger partial charge in [0.1, 0.15) is 13.2 Å². The van der Waals surface area contributed by atoms with Gasteiger partial charge in [0.15, 0.2) is 11.5 Å². The van der Waals surface area contributed by atoms with Crippen molar-refractivity contribution >= 4 is 11.8 Å². The number of para-hydroxylation sites is 2. The van der Waals surface area contributed by atoms with Crippen LogP contribution in [0.4, 0.5) is 13.2 Å². The highest BCUT2D eigenvalue weighted by Crippen LogP contribution is 2.31. The number of hydrogen-bond donors (Lipinski definition) is 1. The van der Waals surface area contributed by atoms with E-state index in [1.54, 1.807) is 37.4 Å². The number of hydrogen-bond acceptors (Lipinski definition) is 4. The van der Waals surface area contributed by atoms with Crippen LogP contribution in [0.3, 0.4) is 0 Å². The number of likely N-dealkylation sites (N-methyl/N-ethyl adjacent to an activating group) is 1. The Morgan fingerprint density at radius 2 is 1.76 bits per heavy atom. The van der Waals surface area contributed by atoms with E-state index in [0.717, 1.165) is 0 Å². The quantitative estimate of drug-likeness (QED) is 0.826. The number of nitrogens with zero attached hydrogens (tertiary/aromatic N) is 1. The van der Waals surface area contributed by atoms with Gasteiger partial charge in [-0.3, -0.25) is 9.59 Å². The van der Waals surface area contributed by atoms with E-state index in [9.17, 15) is 22.8 Å². The lowest BCUT2D eigenvalue weighted by Crippen LogP contribution is -2.44. The van der Waals surface area contributed by atoms with Crippen LogP contribution < -0.4 is 14.8 Å². The van der Waals surface area contributed by atoms with E-state index >= 15 is 0 Å². The number of rotatable bonds is 5. The van der Waals surface area contributed by atoms with Crippen LogP contribution in [0, 0.1) is 0 Å². The first kappa shape index (κ1) is 20.5. The standard InChI is InChI=1S/C20H19F3N2O4/c1-25(19(27)17-11-28-15-4-2-3-5-16(15)29-17)10-13-6-8-14(9-7-13)18(26)24-12-20(21,22)23/h2-9,17H,10-12H2,1H3,(H,24,26). The lowest BCUT2D eigenvalue weighted by Gasteiger charge is -2.28. The van der Waals surface area contributed by atoms with E-state index in [0.29, 0.717) is 17.1 Å². The topological polar surface area (TPSA) is 67.9 Å². The zero-order chi connectivity index (χ0) is 21.0. The first-order valence-corrected chi connectivity index (χ1v) is 8.80. The summed E-state index contributed by atoms with van der Waals surface area (Å²) in [5.41, 5.74) is 0.818. The predicted octanol–water partition coefficient (Wildman–Crippen LogP) is 2.78. The summed E-state index contributed by atoms with van der Waals surface area (Å²) >= 11 is 0. The van der Waals surface area contributed by atoms with Gasteiger partial charge in [-0.1, -0.05) is 24.3 Å². The number of benzene rings is 2. The third kappa shape index (κ3) is 5.40. The van der Waals surface area contributed by atoms with Crippen LogP contribution in [-0.4, -0.2) is 49.2 Å². The van der Waals surface area contributed by atoms with Crippen LogP contribution in [0.1, 0.15) is 15.9 Å². The molecule has 0 saturated carbocycles. The van der Waals surface area contributed by atoms with Gasteiger partial charge < -0.3 is 19.7 Å². The largest absolute Gasteiger partial charge is 0.485 e. The SMILES string of the molecule is CN(Cc1ccc(C(=O)NCC(F)(F)F)cc1)C(=O)C1COc2ccccc2O1. The number of halogens is 3. The van der Waals surface area contributed by atoms with E-state index in [-0.39, 0.29) is 24.6 Å². The van der Waals surface area contributed by atoms with Crippen molar-refractivity contribution in [3.63, 3.8) is 0 Å². The van der Waals surface area contributed by atoms with Crippen molar-refractivity contribution in [3.8, 4) is 11.5 Å². The molecule has 6 nitrogen and oxygen atoms in total. The van der Waals surface area contributed by atoms with Gasteiger partial charge in [0.05, 0.1) is 0 Å². The van der Waals surface area contributed by atoms with Gasteiger partial charge in [-0.25, -0.2) is 0 Å². The summed E-state index contributed by atoms with van der Waals surface area (Å²) in [5, 5.41) is 1.81. The molecule has 1 aliphatic heterocycles. The average Bonchev–Trinajstić information content (AvgIpc) is 2.71. The molecule has 154 valence electrons. The predicted molar refractivity (Wildman–Crippen MR) is 97.7 cm³/mol. The lowest BCUT2D eigenvalue weighted by atomic mass is 10.1. The summed E-state index contributed by atoms with van der Waals surface area (Å²) in [6.07, 6.45) is -5.24. The van der Waals surface area contributed by atoms with Crippen LogP contribution in [0.5, 0.6) is 11.5 Å². The Kier molecular flexibility index (Phi) is 5.95. The Morgan fingerprint density at radius 3 is 2.41 bits per heavy atom. The van der Waals surface area contributed by atoms with Crippen molar-refractivity contribution in [1.29, 1.82) is 0 Å². The molecular weight excluding hydrogens is 389 g/mol. The number of amides is 2. The first-order valence-electron chi connectivity index (χ1n) is 8.80. The summed E-state index contributed by atoms with van der Waals surface area (Å²) in [5.74, 6) is -0.00506. The highest BCUT2D eigenvalue weighted by Gasteiger charge is 2.30. The minimum atomic E-state index is -4.47. The van der Waals surface area contributed by atoms with Gasteiger partial charge in [-0.15, -0.1) is 0 Å². The van der Waals surface area contributed by atoms with Crippen molar-refractivity contribution in [3.05, 3.63) is 59.7 Å². The molecule has 1 unspecified atom stereocenters. The summed E-state index contributed by atoms with van der Waals surface area (Å²) in [4.78, 5) is 25.8. The monoisotopic (exact) mass is 408 g/mol. The molecule has 29 heavy (non-hydrogen) atoms. The highest BCUT2D eigenvalue weighted by atomic mass is 19.4. The third-order valence-electron chi connectivity index (χ3n) is 4.25. The van der Waals surface area contributed by atoms with Crippen molar-refractivity contribution in [2.75, 3.05) is 20.2 Å². The Hall–Kier alpha value is -3.23. The molecule has 2 aromatic carbocycles. The number of ether oxygens (including phenoxy) is 2. The van der Waals surface area contributed by atoms with E-state index in [4.69, 9.17) is 9.47 Å². The molecule has 1 heterocycles. The molecule has 0 fully saturated rings. The molecule has 9 heteroatoms. The summed E-state index contributed by atoms with van der Waals surface area (Å²) in [6, 6.07) is 13.1. The van der Waals surface area contributed by atoms with Gasteiger partial charge in [0, 0.05) is 19.2 Å². The minimum Gasteiger partial charge on any atom is -0.485 e. The van der Waals surface area contributed by atoms with Crippen molar-refractivity contribution in [1.82, 2.24) is 10.2 Å². The van der Waals surface area contributed by atoms with Gasteiger partial charge >= 0.3 is 6.18 Å². The number of carbonyl (C=O) groups excluding carboxylic acids is 2. The second-order valence-corrected chi connectivity index (χ2v) is 6.55. The minimum absolute atomic E-state index is 0.0957. The smallest absolute Gasteiger partial charge is 0.405 e. The normalized spacial score (nSPS) is 15.5. The maximum Gasteiger partial charge on any atom is 0.405 e. The Balaban J connectivity index is 1.56. The molecule has 0 radical (unpaired) electrons. The maximum atomic E-state index is 12.6. The third-order valence-corrected chi connectivity index (χ3v) is 4.25. The zero-order valence-electron chi connectivity index (χ0n) is 15.5. The molecule has 2 aromatic rings. The van der Waals surface area contributed by atoms with E-state index in [1.807, 2.05) is 11.4 Å². The van der Waals surface area contributed by atoms with Crippen LogP contribution in [0.25, 0.3) is 0 Å². The molecule has 0 spiro atoms. The number of alkyl halides is 3. The van der Waals surface area contributed by atoms with E-state index in [1.165, 1.54) is 17.0 Å². The van der Waals surface area contributed by atoms with Crippen LogP contribution in [0.2, 0.25) is 0 Å². The molecule has 1 atom stereocenters. The molecule has 3 rings (SSSR count). The van der Waals surface area contributed by atoms with Crippen molar-refractivity contribution in [2.24, 2.45) is 0 Å². The second kappa shape index (κ2) is 8.42. The average molecular weight is 408 g/mol. The zero-order valence-corrected chi connectivity index (χ0v) is 15.5. The van der Waals surface area contributed by atoms with E-state index in [2.05, 4.69) is 0 Å². The molecule has 0 aromatic heterocycles. The van der Waals surface area contributed by atoms with Gasteiger partial charge in [0.2, 0.25) is 6.10 Å². The molecule has 0 aliphatic carbocycles. The summed E-state index contributed by atoms with van der Waals surface area (Å²) in [6.45, 7) is -1.05. The van der Waals surface area contributed by atoms with Gasteiger partial charge in [-0.2, -0.15) is 13.2 Å². The number of nitrogens with one attached hydrogen (secondary N) is 1.